The fourth-order valence-electron chi connectivity index (χ4n) is 1.74. The smallest absolute Gasteiger partial charge is 0.0897 e. The molecule has 0 aromatic rings. The largest absolute Gasteiger partial charge is 0.389 e. The highest BCUT2D eigenvalue weighted by atomic mass is 16.5. The predicted molar refractivity (Wildman–Crippen MR) is 71.1 cm³/mol. The lowest BCUT2D eigenvalue weighted by atomic mass is 10.0. The number of rotatable bonds is 10. The van der Waals surface area contributed by atoms with Gasteiger partial charge in [-0.1, -0.05) is 13.8 Å². The molecule has 1 aliphatic rings. The summed E-state index contributed by atoms with van der Waals surface area (Å²) in [6.45, 7) is 8.62. The molecule has 2 N–H and O–H groups in total. The monoisotopic (exact) mass is 243 g/mol. The molecule has 1 fully saturated rings. The van der Waals surface area contributed by atoms with Gasteiger partial charge in [0.25, 0.3) is 0 Å². The van der Waals surface area contributed by atoms with E-state index in [-0.39, 0.29) is 6.10 Å². The predicted octanol–water partition coefficient (Wildman–Crippen LogP) is 2.19. The van der Waals surface area contributed by atoms with Gasteiger partial charge in [-0.3, -0.25) is 0 Å². The summed E-state index contributed by atoms with van der Waals surface area (Å²) >= 11 is 0. The van der Waals surface area contributed by atoms with Gasteiger partial charge < -0.3 is 15.2 Å². The van der Waals surface area contributed by atoms with Crippen LogP contribution >= 0.6 is 0 Å². The third-order valence-corrected chi connectivity index (χ3v) is 3.24. The van der Waals surface area contributed by atoms with Crippen molar-refractivity contribution in [3.63, 3.8) is 0 Å². The fraction of sp³-hybridized carbons (Fsp3) is 1.00. The number of aliphatic hydroxyl groups is 1. The van der Waals surface area contributed by atoms with Crippen LogP contribution in [0.15, 0.2) is 0 Å². The summed E-state index contributed by atoms with van der Waals surface area (Å²) in [5.41, 5.74) is 0. The molecule has 0 heterocycles. The highest BCUT2D eigenvalue weighted by Crippen LogP contribution is 2.28. The first kappa shape index (κ1) is 14.9. The van der Waals surface area contributed by atoms with Crippen LogP contribution in [0.3, 0.4) is 0 Å². The number of nitrogens with one attached hydrogen (secondary N) is 1. The Labute approximate surface area is 106 Å². The van der Waals surface area contributed by atoms with Crippen molar-refractivity contribution in [3.05, 3.63) is 0 Å². The summed E-state index contributed by atoms with van der Waals surface area (Å²) in [6, 6.07) is 0.482. The van der Waals surface area contributed by atoms with Gasteiger partial charge in [0.1, 0.15) is 0 Å². The minimum Gasteiger partial charge on any atom is -0.389 e. The lowest BCUT2D eigenvalue weighted by Crippen LogP contribution is -2.36. The first-order chi connectivity index (χ1) is 8.08. The van der Waals surface area contributed by atoms with Crippen molar-refractivity contribution < 1.29 is 9.84 Å². The van der Waals surface area contributed by atoms with Gasteiger partial charge in [-0.25, -0.2) is 0 Å². The molecule has 1 rings (SSSR count). The highest BCUT2D eigenvalue weighted by molar-refractivity contribution is 4.72. The Morgan fingerprint density at radius 1 is 1.24 bits per heavy atom. The minimum atomic E-state index is -0.366. The molecule has 0 aromatic heterocycles. The molecule has 0 bridgehead atoms. The molecule has 0 radical (unpaired) electrons. The quantitative estimate of drug-likeness (QED) is 0.618. The molecule has 1 aliphatic carbocycles. The zero-order valence-corrected chi connectivity index (χ0v) is 11.6. The van der Waals surface area contributed by atoms with Gasteiger partial charge in [0.05, 0.1) is 12.7 Å². The van der Waals surface area contributed by atoms with Crippen LogP contribution in [0.2, 0.25) is 0 Å². The maximum absolute atomic E-state index is 9.72. The van der Waals surface area contributed by atoms with Crippen LogP contribution in [0, 0.1) is 11.8 Å². The molecule has 0 saturated heterocycles. The zero-order chi connectivity index (χ0) is 12.7. The second-order valence-electron chi connectivity index (χ2n) is 5.92. The van der Waals surface area contributed by atoms with E-state index >= 15 is 0 Å². The summed E-state index contributed by atoms with van der Waals surface area (Å²) in [4.78, 5) is 0. The van der Waals surface area contributed by atoms with Crippen LogP contribution in [-0.2, 0) is 4.74 Å². The van der Waals surface area contributed by atoms with Gasteiger partial charge in [0.15, 0.2) is 0 Å². The second-order valence-corrected chi connectivity index (χ2v) is 5.92. The van der Waals surface area contributed by atoms with Crippen LogP contribution in [0.25, 0.3) is 0 Å². The summed E-state index contributed by atoms with van der Waals surface area (Å²) in [5, 5.41) is 13.1. The third-order valence-electron chi connectivity index (χ3n) is 3.24. The fourth-order valence-corrected chi connectivity index (χ4v) is 1.74. The molecular weight excluding hydrogens is 214 g/mol. The molecule has 102 valence electrons. The van der Waals surface area contributed by atoms with Crippen LogP contribution < -0.4 is 5.32 Å². The molecule has 0 aromatic carbocycles. The Morgan fingerprint density at radius 3 is 2.53 bits per heavy atom. The van der Waals surface area contributed by atoms with Gasteiger partial charge in [-0.2, -0.15) is 0 Å². The van der Waals surface area contributed by atoms with Gasteiger partial charge in [-0.05, 0) is 44.4 Å². The normalized spacial score (nSPS) is 19.6. The standard InChI is InChI=1S/C14H29NO2/c1-11(2)4-5-12(3)15-8-14(16)10-17-9-13-6-7-13/h11-16H,4-10H2,1-3H3. The van der Waals surface area contributed by atoms with Gasteiger partial charge in [0.2, 0.25) is 0 Å². The summed E-state index contributed by atoms with van der Waals surface area (Å²) in [7, 11) is 0. The highest BCUT2D eigenvalue weighted by Gasteiger charge is 2.21. The molecule has 2 atom stereocenters. The molecule has 0 spiro atoms. The van der Waals surface area contributed by atoms with Gasteiger partial charge in [0, 0.05) is 19.2 Å². The first-order valence-corrected chi connectivity index (χ1v) is 7.07. The van der Waals surface area contributed by atoms with E-state index in [1.165, 1.54) is 25.7 Å². The van der Waals surface area contributed by atoms with Crippen molar-refractivity contribution >= 4 is 0 Å². The van der Waals surface area contributed by atoms with Crippen LogP contribution in [0.1, 0.15) is 46.5 Å². The van der Waals surface area contributed by atoms with E-state index in [1.54, 1.807) is 0 Å². The van der Waals surface area contributed by atoms with Gasteiger partial charge in [-0.15, -0.1) is 0 Å². The van der Waals surface area contributed by atoms with Crippen LogP contribution in [-0.4, -0.2) is 37.0 Å². The van der Waals surface area contributed by atoms with Crippen molar-refractivity contribution in [2.45, 2.75) is 58.6 Å². The van der Waals surface area contributed by atoms with Gasteiger partial charge >= 0.3 is 0 Å². The van der Waals surface area contributed by atoms with Crippen LogP contribution in [0.4, 0.5) is 0 Å². The molecule has 1 saturated carbocycles. The summed E-state index contributed by atoms with van der Waals surface area (Å²) in [5.74, 6) is 1.53. The maximum Gasteiger partial charge on any atom is 0.0897 e. The number of hydrogen-bond acceptors (Lipinski definition) is 3. The Kier molecular flexibility index (Phi) is 7.09. The van der Waals surface area contributed by atoms with E-state index in [4.69, 9.17) is 4.74 Å². The lowest BCUT2D eigenvalue weighted by Gasteiger charge is -2.18. The second kappa shape index (κ2) is 8.06. The van der Waals surface area contributed by atoms with Crippen molar-refractivity contribution in [1.29, 1.82) is 0 Å². The zero-order valence-electron chi connectivity index (χ0n) is 11.6. The number of aliphatic hydroxyl groups excluding tert-OH is 1. The number of ether oxygens (including phenoxy) is 1. The lowest BCUT2D eigenvalue weighted by molar-refractivity contribution is 0.0313. The number of hydrogen-bond donors (Lipinski definition) is 2. The molecular formula is C14H29NO2. The average Bonchev–Trinajstić information content (AvgIpc) is 3.07. The van der Waals surface area contributed by atoms with E-state index in [0.29, 0.717) is 19.2 Å². The van der Waals surface area contributed by atoms with E-state index in [1.807, 2.05) is 0 Å². The molecule has 3 nitrogen and oxygen atoms in total. The molecule has 3 heteroatoms. The SMILES string of the molecule is CC(C)CCC(C)NCC(O)COCC1CC1. The molecule has 17 heavy (non-hydrogen) atoms. The Hall–Kier alpha value is -0.120. The molecule has 0 amide bonds. The summed E-state index contributed by atoms with van der Waals surface area (Å²) < 4.78 is 5.46. The maximum atomic E-state index is 9.72. The van der Waals surface area contributed by atoms with E-state index in [9.17, 15) is 5.11 Å². The van der Waals surface area contributed by atoms with E-state index < -0.39 is 0 Å². The Bertz CT molecular complexity index is 193. The minimum absolute atomic E-state index is 0.366. The average molecular weight is 243 g/mol. The molecule has 0 aliphatic heterocycles. The van der Waals surface area contributed by atoms with Crippen molar-refractivity contribution in [2.24, 2.45) is 11.8 Å². The van der Waals surface area contributed by atoms with Crippen molar-refractivity contribution in [1.82, 2.24) is 5.32 Å². The summed E-state index contributed by atoms with van der Waals surface area (Å²) in [6.07, 6.45) is 4.66. The van der Waals surface area contributed by atoms with E-state index in [2.05, 4.69) is 26.1 Å². The van der Waals surface area contributed by atoms with Crippen LogP contribution in [0.5, 0.6) is 0 Å². The molecule has 2 unspecified atom stereocenters. The van der Waals surface area contributed by atoms with Crippen molar-refractivity contribution in [2.75, 3.05) is 19.8 Å². The van der Waals surface area contributed by atoms with Crippen molar-refractivity contribution in [3.8, 4) is 0 Å². The Balaban J connectivity index is 1.91. The van der Waals surface area contributed by atoms with E-state index in [0.717, 1.165) is 18.4 Å². The Morgan fingerprint density at radius 2 is 1.94 bits per heavy atom. The topological polar surface area (TPSA) is 41.5 Å². The first-order valence-electron chi connectivity index (χ1n) is 7.07. The third kappa shape index (κ3) is 8.58.